The molecular formula is C31H36F2N4O2. The van der Waals surface area contributed by atoms with Crippen LogP contribution in [-0.4, -0.2) is 67.1 Å². The van der Waals surface area contributed by atoms with Crippen molar-refractivity contribution in [3.05, 3.63) is 95.6 Å². The molecule has 206 valence electrons. The van der Waals surface area contributed by atoms with Gasteiger partial charge >= 0.3 is 0 Å². The molecule has 2 unspecified atom stereocenters. The number of benzene rings is 3. The van der Waals surface area contributed by atoms with Gasteiger partial charge in [-0.25, -0.2) is 8.78 Å². The number of anilines is 1. The van der Waals surface area contributed by atoms with Crippen LogP contribution in [0.3, 0.4) is 0 Å². The third-order valence-corrected chi connectivity index (χ3v) is 7.62. The number of rotatable bonds is 9. The highest BCUT2D eigenvalue weighted by molar-refractivity contribution is 5.82. The Kier molecular flexibility index (Phi) is 8.74. The van der Waals surface area contributed by atoms with Gasteiger partial charge in [-0.05, 0) is 49.2 Å². The number of nitrogens with one attached hydrogen (secondary N) is 1. The molecule has 0 saturated carbocycles. The van der Waals surface area contributed by atoms with Crippen molar-refractivity contribution in [3.63, 3.8) is 0 Å². The van der Waals surface area contributed by atoms with Crippen molar-refractivity contribution in [2.24, 2.45) is 0 Å². The lowest BCUT2D eigenvalue weighted by molar-refractivity contribution is -0.136. The van der Waals surface area contributed by atoms with Crippen molar-refractivity contribution in [2.45, 2.75) is 38.5 Å². The summed E-state index contributed by atoms with van der Waals surface area (Å²) in [7, 11) is 0. The Labute approximate surface area is 229 Å². The van der Waals surface area contributed by atoms with Crippen molar-refractivity contribution in [1.82, 2.24) is 15.1 Å². The Hall–Kier alpha value is -3.49. The van der Waals surface area contributed by atoms with Gasteiger partial charge < -0.3 is 19.9 Å². The van der Waals surface area contributed by atoms with E-state index in [4.69, 9.17) is 4.74 Å². The number of carbonyl (C=O) groups excluding carboxylic acids is 1. The Morgan fingerprint density at radius 3 is 2.41 bits per heavy atom. The quantitative estimate of drug-likeness (QED) is 0.440. The number of piperazine rings is 1. The second-order valence-corrected chi connectivity index (χ2v) is 10.2. The molecule has 3 aromatic rings. The maximum Gasteiger partial charge on any atom is 0.240 e. The lowest BCUT2D eigenvalue weighted by atomic mass is 10.1. The molecule has 0 bridgehead atoms. The molecule has 2 heterocycles. The van der Waals surface area contributed by atoms with Crippen molar-refractivity contribution >= 4 is 11.6 Å². The average Bonchev–Trinajstić information content (AvgIpc) is 3.36. The average molecular weight is 535 g/mol. The lowest BCUT2D eigenvalue weighted by Crippen LogP contribution is -2.53. The molecule has 8 heteroatoms. The van der Waals surface area contributed by atoms with Crippen LogP contribution in [0.2, 0.25) is 0 Å². The maximum atomic E-state index is 14.2. The number of likely N-dealkylation sites (tertiary alicyclic amines) is 1. The number of hydrogen-bond donors (Lipinski definition) is 1. The first kappa shape index (κ1) is 27.1. The summed E-state index contributed by atoms with van der Waals surface area (Å²) in [5.41, 5.74) is 2.71. The number of carbonyl (C=O) groups is 1. The zero-order valence-electron chi connectivity index (χ0n) is 22.4. The molecule has 2 saturated heterocycles. The first-order chi connectivity index (χ1) is 19.0. The SMILES string of the molecule is CCOc1ccc(N2CCN(C(=O)C3CC(NCc4ccc(F)cc4F)CN3Cc3ccccc3)CC2)cc1. The molecule has 0 spiro atoms. The Bertz CT molecular complexity index is 1230. The van der Waals surface area contributed by atoms with Gasteiger partial charge in [0.2, 0.25) is 5.91 Å². The van der Waals surface area contributed by atoms with Gasteiger partial charge in [-0.2, -0.15) is 0 Å². The van der Waals surface area contributed by atoms with E-state index in [2.05, 4.69) is 39.4 Å². The van der Waals surface area contributed by atoms with Gasteiger partial charge in [0, 0.05) is 69.2 Å². The third-order valence-electron chi connectivity index (χ3n) is 7.62. The molecule has 39 heavy (non-hydrogen) atoms. The molecule has 0 aliphatic carbocycles. The van der Waals surface area contributed by atoms with E-state index in [1.807, 2.05) is 42.2 Å². The largest absolute Gasteiger partial charge is 0.494 e. The van der Waals surface area contributed by atoms with Gasteiger partial charge in [0.1, 0.15) is 17.4 Å². The van der Waals surface area contributed by atoms with Crippen LogP contribution in [0.1, 0.15) is 24.5 Å². The molecule has 2 fully saturated rings. The monoisotopic (exact) mass is 534 g/mol. The highest BCUT2D eigenvalue weighted by Gasteiger charge is 2.39. The third kappa shape index (κ3) is 6.75. The van der Waals surface area contributed by atoms with Crippen LogP contribution in [0, 0.1) is 11.6 Å². The van der Waals surface area contributed by atoms with Crippen LogP contribution in [0.25, 0.3) is 0 Å². The summed E-state index contributed by atoms with van der Waals surface area (Å²) < 4.78 is 33.0. The van der Waals surface area contributed by atoms with E-state index in [-0.39, 0.29) is 24.5 Å². The van der Waals surface area contributed by atoms with Crippen LogP contribution in [0.5, 0.6) is 5.75 Å². The fraction of sp³-hybridized carbons (Fsp3) is 0.387. The summed E-state index contributed by atoms with van der Waals surface area (Å²) in [6, 6.07) is 21.7. The normalized spacial score (nSPS) is 19.9. The number of halogens is 2. The number of amides is 1. The molecule has 6 nitrogen and oxygen atoms in total. The number of hydrogen-bond acceptors (Lipinski definition) is 5. The Morgan fingerprint density at radius 1 is 0.974 bits per heavy atom. The zero-order chi connectivity index (χ0) is 27.2. The van der Waals surface area contributed by atoms with Gasteiger partial charge in [0.05, 0.1) is 12.6 Å². The van der Waals surface area contributed by atoms with Gasteiger partial charge in [0.15, 0.2) is 0 Å². The van der Waals surface area contributed by atoms with Crippen molar-refractivity contribution in [1.29, 1.82) is 0 Å². The summed E-state index contributed by atoms with van der Waals surface area (Å²) in [6.45, 7) is 7.14. The van der Waals surface area contributed by atoms with Gasteiger partial charge in [0.25, 0.3) is 0 Å². The molecule has 1 N–H and O–H groups in total. The topological polar surface area (TPSA) is 48.1 Å². The van der Waals surface area contributed by atoms with E-state index in [0.717, 1.165) is 36.2 Å². The first-order valence-corrected chi connectivity index (χ1v) is 13.7. The predicted molar refractivity (Wildman–Crippen MR) is 149 cm³/mol. The highest BCUT2D eigenvalue weighted by atomic mass is 19.1. The molecule has 3 aromatic carbocycles. The van der Waals surface area contributed by atoms with E-state index in [1.54, 1.807) is 0 Å². The molecule has 0 radical (unpaired) electrons. The van der Waals surface area contributed by atoms with Crippen molar-refractivity contribution in [2.75, 3.05) is 44.2 Å². The van der Waals surface area contributed by atoms with Crippen molar-refractivity contribution in [3.8, 4) is 5.75 Å². The summed E-state index contributed by atoms with van der Waals surface area (Å²) in [6.07, 6.45) is 0.646. The van der Waals surface area contributed by atoms with Crippen LogP contribution in [0.15, 0.2) is 72.8 Å². The molecule has 2 atom stereocenters. The number of ether oxygens (including phenoxy) is 1. The lowest BCUT2D eigenvalue weighted by Gasteiger charge is -2.38. The van der Waals surface area contributed by atoms with E-state index in [1.165, 1.54) is 12.1 Å². The molecular weight excluding hydrogens is 498 g/mol. The van der Waals surface area contributed by atoms with Gasteiger partial charge in [-0.3, -0.25) is 9.69 Å². The molecule has 0 aromatic heterocycles. The summed E-state index contributed by atoms with van der Waals surface area (Å²) in [5.74, 6) is -0.131. The maximum absolute atomic E-state index is 14.2. The second kappa shape index (κ2) is 12.6. The molecule has 5 rings (SSSR count). The van der Waals surface area contributed by atoms with Gasteiger partial charge in [-0.1, -0.05) is 36.4 Å². The first-order valence-electron chi connectivity index (χ1n) is 13.7. The van der Waals surface area contributed by atoms with Crippen LogP contribution >= 0.6 is 0 Å². The minimum Gasteiger partial charge on any atom is -0.494 e. The molecule has 2 aliphatic rings. The van der Waals surface area contributed by atoms with E-state index >= 15 is 0 Å². The standard InChI is InChI=1S/C31H36F2N4O2/c1-2-39-28-12-10-27(11-13-28)35-14-16-36(17-15-35)31(38)30-19-26(22-37(30)21-23-6-4-3-5-7-23)34-20-24-8-9-25(32)18-29(24)33/h3-13,18,26,30,34H,2,14-17,19-22H2,1H3. The number of nitrogens with zero attached hydrogens (tertiary/aromatic N) is 3. The van der Waals surface area contributed by atoms with E-state index in [9.17, 15) is 13.6 Å². The van der Waals surface area contributed by atoms with E-state index < -0.39 is 11.6 Å². The smallest absolute Gasteiger partial charge is 0.240 e. The van der Waals surface area contributed by atoms with Crippen LogP contribution < -0.4 is 15.0 Å². The van der Waals surface area contributed by atoms with Crippen molar-refractivity contribution < 1.29 is 18.3 Å². The highest BCUT2D eigenvalue weighted by Crippen LogP contribution is 2.25. The fourth-order valence-electron chi connectivity index (χ4n) is 5.54. The fourth-order valence-corrected chi connectivity index (χ4v) is 5.54. The zero-order valence-corrected chi connectivity index (χ0v) is 22.4. The summed E-state index contributed by atoms with van der Waals surface area (Å²) in [5, 5.41) is 3.41. The van der Waals surface area contributed by atoms with Gasteiger partial charge in [-0.15, -0.1) is 0 Å². The second-order valence-electron chi connectivity index (χ2n) is 10.2. The van der Waals surface area contributed by atoms with Crippen LogP contribution in [-0.2, 0) is 17.9 Å². The molecule has 2 aliphatic heterocycles. The minimum absolute atomic E-state index is 0.0252. The van der Waals surface area contributed by atoms with Crippen LogP contribution in [0.4, 0.5) is 14.5 Å². The minimum atomic E-state index is -0.584. The molecule has 1 amide bonds. The predicted octanol–water partition coefficient (Wildman–Crippen LogP) is 4.45. The van der Waals surface area contributed by atoms with E-state index in [0.29, 0.717) is 44.8 Å². The Balaban J connectivity index is 1.22. The summed E-state index contributed by atoms with van der Waals surface area (Å²) >= 11 is 0. The Morgan fingerprint density at radius 2 is 1.72 bits per heavy atom. The summed E-state index contributed by atoms with van der Waals surface area (Å²) in [4.78, 5) is 20.3.